The first kappa shape index (κ1) is 33.0. The summed E-state index contributed by atoms with van der Waals surface area (Å²) in [5.74, 6) is 0.0433. The SMILES string of the molecule is COc1cc(N2CCN(C(C)(C)C)CC2)ccc1Nc1ncc(C(F)(F)F)c(C[C@@H]2Cc3ccccc3[C@H]2N(C)S(C)(=O)=O)n1. The van der Waals surface area contributed by atoms with E-state index in [1.54, 1.807) is 0 Å². The molecule has 45 heavy (non-hydrogen) atoms. The van der Waals surface area contributed by atoms with E-state index in [0.717, 1.165) is 55.4 Å². The molecule has 1 aromatic heterocycles. The number of nitrogens with one attached hydrogen (secondary N) is 1. The summed E-state index contributed by atoms with van der Waals surface area (Å²) < 4.78 is 74.5. The largest absolute Gasteiger partial charge is 0.494 e. The number of sulfonamides is 1. The molecule has 3 aromatic rings. The molecular weight excluding hydrogens is 605 g/mol. The molecule has 5 rings (SSSR count). The molecule has 0 amide bonds. The number of halogens is 3. The minimum absolute atomic E-state index is 0.00799. The van der Waals surface area contributed by atoms with Gasteiger partial charge in [0, 0.05) is 56.7 Å². The van der Waals surface area contributed by atoms with Crippen molar-refractivity contribution in [3.63, 3.8) is 0 Å². The van der Waals surface area contributed by atoms with Crippen molar-refractivity contribution in [2.75, 3.05) is 56.8 Å². The number of methoxy groups -OCH3 is 1. The van der Waals surface area contributed by atoms with Crippen LogP contribution in [0.2, 0.25) is 0 Å². The second kappa shape index (κ2) is 12.4. The van der Waals surface area contributed by atoms with Crippen molar-refractivity contribution in [2.24, 2.45) is 5.92 Å². The van der Waals surface area contributed by atoms with E-state index in [1.807, 2.05) is 42.5 Å². The van der Waals surface area contributed by atoms with Gasteiger partial charge >= 0.3 is 6.18 Å². The van der Waals surface area contributed by atoms with Crippen molar-refractivity contribution < 1.29 is 26.3 Å². The van der Waals surface area contributed by atoms with Crippen LogP contribution in [-0.2, 0) is 29.0 Å². The summed E-state index contributed by atoms with van der Waals surface area (Å²) in [6, 6.07) is 12.4. The summed E-state index contributed by atoms with van der Waals surface area (Å²) in [5, 5.41) is 3.05. The third-order valence-corrected chi connectivity index (χ3v) is 10.1. The molecule has 1 aliphatic heterocycles. The summed E-state index contributed by atoms with van der Waals surface area (Å²) in [7, 11) is -0.620. The maximum absolute atomic E-state index is 14.2. The molecule has 0 saturated carbocycles. The Balaban J connectivity index is 1.41. The van der Waals surface area contributed by atoms with Crippen LogP contribution in [0.3, 0.4) is 0 Å². The Bertz CT molecular complexity index is 1640. The third kappa shape index (κ3) is 7.20. The molecular formula is C32H41F3N6O3S. The van der Waals surface area contributed by atoms with Crippen LogP contribution in [0.4, 0.5) is 30.5 Å². The van der Waals surface area contributed by atoms with E-state index >= 15 is 0 Å². The lowest BCUT2D eigenvalue weighted by molar-refractivity contribution is -0.138. The van der Waals surface area contributed by atoms with E-state index in [1.165, 1.54) is 18.5 Å². The van der Waals surface area contributed by atoms with E-state index < -0.39 is 33.7 Å². The number of fused-ring (bicyclic) bond motifs is 1. The number of nitrogens with zero attached hydrogens (tertiary/aromatic N) is 5. The quantitative estimate of drug-likeness (QED) is 0.343. The van der Waals surface area contributed by atoms with E-state index in [2.05, 4.69) is 45.9 Å². The van der Waals surface area contributed by atoms with Gasteiger partial charge < -0.3 is 15.0 Å². The molecule has 0 bridgehead atoms. The molecule has 2 atom stereocenters. The Kier molecular flexibility index (Phi) is 9.09. The molecule has 2 aromatic carbocycles. The Morgan fingerprint density at radius 2 is 1.76 bits per heavy atom. The summed E-state index contributed by atoms with van der Waals surface area (Å²) in [5.41, 5.74) is 2.17. The van der Waals surface area contributed by atoms with Crippen LogP contribution in [-0.4, -0.2) is 79.7 Å². The van der Waals surface area contributed by atoms with Crippen molar-refractivity contribution in [1.82, 2.24) is 19.2 Å². The lowest BCUT2D eigenvalue weighted by Gasteiger charge is -2.43. The minimum Gasteiger partial charge on any atom is -0.494 e. The summed E-state index contributed by atoms with van der Waals surface area (Å²) in [6.45, 7) is 10.2. The van der Waals surface area contributed by atoms with Crippen LogP contribution >= 0.6 is 0 Å². The van der Waals surface area contributed by atoms with Crippen LogP contribution in [0.25, 0.3) is 0 Å². The Morgan fingerprint density at radius 3 is 2.38 bits per heavy atom. The smallest absolute Gasteiger partial charge is 0.419 e. The lowest BCUT2D eigenvalue weighted by Crippen LogP contribution is -2.53. The number of hydrogen-bond donors (Lipinski definition) is 1. The van der Waals surface area contributed by atoms with Gasteiger partial charge in [-0.15, -0.1) is 0 Å². The topological polar surface area (TPSA) is 90.9 Å². The molecule has 1 aliphatic carbocycles. The summed E-state index contributed by atoms with van der Waals surface area (Å²) in [6.07, 6.45) is -2.47. The molecule has 2 aliphatic rings. The van der Waals surface area contributed by atoms with Gasteiger partial charge in [0.15, 0.2) is 0 Å². The normalized spacial score (nSPS) is 19.6. The first-order valence-electron chi connectivity index (χ1n) is 14.9. The highest BCUT2D eigenvalue weighted by atomic mass is 32.2. The summed E-state index contributed by atoms with van der Waals surface area (Å²) >= 11 is 0. The van der Waals surface area contributed by atoms with Crippen LogP contribution in [0, 0.1) is 5.92 Å². The van der Waals surface area contributed by atoms with Crippen molar-refractivity contribution in [2.45, 2.75) is 51.4 Å². The number of ether oxygens (including phenoxy) is 1. The van der Waals surface area contributed by atoms with Gasteiger partial charge in [-0.3, -0.25) is 4.90 Å². The number of alkyl halides is 3. The second-order valence-electron chi connectivity index (χ2n) is 12.8. The van der Waals surface area contributed by atoms with Gasteiger partial charge in [0.25, 0.3) is 0 Å². The average molecular weight is 647 g/mol. The Morgan fingerprint density at radius 1 is 1.07 bits per heavy atom. The van der Waals surface area contributed by atoms with Gasteiger partial charge in [0.1, 0.15) is 5.75 Å². The number of aromatic nitrogens is 2. The minimum atomic E-state index is -4.69. The predicted octanol–water partition coefficient (Wildman–Crippen LogP) is 5.52. The molecule has 9 nitrogen and oxygen atoms in total. The molecule has 13 heteroatoms. The lowest BCUT2D eigenvalue weighted by atomic mass is 9.93. The van der Waals surface area contributed by atoms with Crippen LogP contribution in [0.15, 0.2) is 48.7 Å². The van der Waals surface area contributed by atoms with Crippen molar-refractivity contribution in [3.8, 4) is 5.75 Å². The van der Waals surface area contributed by atoms with Crippen molar-refractivity contribution in [3.05, 3.63) is 71.0 Å². The Hall–Kier alpha value is -3.42. The van der Waals surface area contributed by atoms with Crippen LogP contribution in [0.5, 0.6) is 5.75 Å². The van der Waals surface area contributed by atoms with E-state index in [4.69, 9.17) is 4.74 Å². The first-order chi connectivity index (χ1) is 21.1. The maximum atomic E-state index is 14.2. The van der Waals surface area contributed by atoms with E-state index in [-0.39, 0.29) is 23.6 Å². The number of anilines is 3. The fourth-order valence-corrected chi connectivity index (χ4v) is 7.09. The average Bonchev–Trinajstić information content (AvgIpc) is 3.33. The monoisotopic (exact) mass is 646 g/mol. The Labute approximate surface area is 263 Å². The third-order valence-electron chi connectivity index (χ3n) is 8.87. The highest BCUT2D eigenvalue weighted by molar-refractivity contribution is 7.88. The van der Waals surface area contributed by atoms with Crippen molar-refractivity contribution in [1.29, 1.82) is 0 Å². The fraction of sp³-hybridized carbons (Fsp3) is 0.500. The zero-order valence-electron chi connectivity index (χ0n) is 26.5. The number of benzene rings is 2. The first-order valence-corrected chi connectivity index (χ1v) is 16.8. The second-order valence-corrected chi connectivity index (χ2v) is 14.8. The molecule has 1 fully saturated rings. The molecule has 1 N–H and O–H groups in total. The summed E-state index contributed by atoms with van der Waals surface area (Å²) in [4.78, 5) is 13.1. The van der Waals surface area contributed by atoms with E-state index in [9.17, 15) is 21.6 Å². The van der Waals surface area contributed by atoms with Crippen LogP contribution < -0.4 is 15.0 Å². The van der Waals surface area contributed by atoms with Gasteiger partial charge in [-0.05, 0) is 62.8 Å². The zero-order valence-corrected chi connectivity index (χ0v) is 27.3. The molecule has 244 valence electrons. The van der Waals surface area contributed by atoms with Crippen LogP contribution in [0.1, 0.15) is 49.2 Å². The molecule has 0 spiro atoms. The zero-order chi connectivity index (χ0) is 32.7. The number of piperazine rings is 1. The molecule has 0 unspecified atom stereocenters. The standard InChI is InChI=1S/C32H41F3N6O3S/c1-31(2,3)41-15-13-40(14-16-41)23-11-12-26(28(19-23)44-5)37-30-36-20-25(32(33,34)35)27(38-30)18-22-17-21-9-7-8-10-24(21)29(22)39(4)45(6,42)43/h7-12,19-20,22,29H,13-18H2,1-6H3,(H,36,37,38)/t22-,29-/m0/s1. The number of rotatable bonds is 8. The van der Waals surface area contributed by atoms with Gasteiger partial charge in [-0.2, -0.15) is 17.5 Å². The van der Waals surface area contributed by atoms with Crippen molar-refractivity contribution >= 4 is 27.3 Å². The molecule has 0 radical (unpaired) electrons. The van der Waals surface area contributed by atoms with Gasteiger partial charge in [0.05, 0.1) is 36.4 Å². The number of hydrogen-bond acceptors (Lipinski definition) is 8. The highest BCUT2D eigenvalue weighted by Crippen LogP contribution is 2.44. The van der Waals surface area contributed by atoms with E-state index in [0.29, 0.717) is 17.9 Å². The highest BCUT2D eigenvalue weighted by Gasteiger charge is 2.41. The molecule has 2 heterocycles. The maximum Gasteiger partial charge on any atom is 0.419 e. The molecule has 1 saturated heterocycles. The fourth-order valence-electron chi connectivity index (χ4n) is 6.39. The van der Waals surface area contributed by atoms with Gasteiger partial charge in [-0.25, -0.2) is 18.4 Å². The predicted molar refractivity (Wildman–Crippen MR) is 170 cm³/mol. The van der Waals surface area contributed by atoms with Gasteiger partial charge in [-0.1, -0.05) is 24.3 Å². The van der Waals surface area contributed by atoms with Gasteiger partial charge in [0.2, 0.25) is 16.0 Å².